The fourth-order valence-corrected chi connectivity index (χ4v) is 3.34. The molecule has 3 atom stereocenters. The number of ether oxygens (including phenoxy) is 4. The molecule has 0 spiro atoms. The first-order valence-corrected chi connectivity index (χ1v) is 8.58. The van der Waals surface area contributed by atoms with E-state index >= 15 is 0 Å². The van der Waals surface area contributed by atoms with E-state index in [0.29, 0.717) is 11.7 Å². The lowest BCUT2D eigenvalue weighted by atomic mass is 9.83. The molecule has 2 aromatic carbocycles. The van der Waals surface area contributed by atoms with Crippen LogP contribution >= 0.6 is 0 Å². The van der Waals surface area contributed by atoms with Crippen molar-refractivity contribution in [2.24, 2.45) is 11.8 Å². The molecule has 132 valence electrons. The standard InChI is InChI=1S/C20H22O5/c1-12(7-14-3-5-16-18(8-14)24-10-22-16)13(2)20(21)15-4-6-17-19(9-15)25-11-23-17/h3-6,8-9,12-13,20-21H,7,10-11H2,1-2H3/t12-,13-,20?/m1/s1. The first-order chi connectivity index (χ1) is 12.1. The van der Waals surface area contributed by atoms with Crippen LogP contribution in [-0.2, 0) is 6.42 Å². The summed E-state index contributed by atoms with van der Waals surface area (Å²) >= 11 is 0. The molecule has 2 aromatic rings. The summed E-state index contributed by atoms with van der Waals surface area (Å²) < 4.78 is 21.5. The molecule has 5 heteroatoms. The largest absolute Gasteiger partial charge is 0.454 e. The number of hydrogen-bond donors (Lipinski definition) is 1. The number of aliphatic hydroxyl groups excluding tert-OH is 1. The van der Waals surface area contributed by atoms with E-state index < -0.39 is 6.10 Å². The molecule has 0 amide bonds. The minimum Gasteiger partial charge on any atom is -0.454 e. The van der Waals surface area contributed by atoms with Gasteiger partial charge in [-0.15, -0.1) is 0 Å². The van der Waals surface area contributed by atoms with Gasteiger partial charge in [0.15, 0.2) is 23.0 Å². The molecule has 0 aromatic heterocycles. The van der Waals surface area contributed by atoms with Crippen LogP contribution in [0.4, 0.5) is 0 Å². The summed E-state index contributed by atoms with van der Waals surface area (Å²) in [5.41, 5.74) is 2.04. The Hall–Kier alpha value is -2.40. The molecule has 1 unspecified atom stereocenters. The van der Waals surface area contributed by atoms with Crippen molar-refractivity contribution in [2.75, 3.05) is 13.6 Å². The van der Waals surface area contributed by atoms with Crippen molar-refractivity contribution in [1.82, 2.24) is 0 Å². The van der Waals surface area contributed by atoms with Gasteiger partial charge < -0.3 is 24.1 Å². The van der Waals surface area contributed by atoms with Gasteiger partial charge in [0.1, 0.15) is 0 Å². The quantitative estimate of drug-likeness (QED) is 0.898. The molecule has 2 aliphatic heterocycles. The lowest BCUT2D eigenvalue weighted by Crippen LogP contribution is -2.19. The Balaban J connectivity index is 1.45. The summed E-state index contributed by atoms with van der Waals surface area (Å²) in [5, 5.41) is 10.8. The van der Waals surface area contributed by atoms with E-state index in [-0.39, 0.29) is 19.5 Å². The highest BCUT2D eigenvalue weighted by molar-refractivity contribution is 5.46. The van der Waals surface area contributed by atoms with Crippen molar-refractivity contribution in [1.29, 1.82) is 0 Å². The maximum Gasteiger partial charge on any atom is 0.231 e. The Kier molecular flexibility index (Phi) is 4.17. The van der Waals surface area contributed by atoms with Gasteiger partial charge in [0, 0.05) is 0 Å². The highest BCUT2D eigenvalue weighted by Gasteiger charge is 2.25. The molecule has 0 fully saturated rings. The summed E-state index contributed by atoms with van der Waals surface area (Å²) in [6.07, 6.45) is 0.304. The summed E-state index contributed by atoms with van der Waals surface area (Å²) in [6, 6.07) is 11.7. The van der Waals surface area contributed by atoms with Crippen LogP contribution in [0.5, 0.6) is 23.0 Å². The SMILES string of the molecule is C[C@H](Cc1ccc2c(c1)OCO2)[C@@H](C)C(O)c1ccc2c(c1)OCO2. The van der Waals surface area contributed by atoms with Crippen molar-refractivity contribution < 1.29 is 24.1 Å². The smallest absolute Gasteiger partial charge is 0.231 e. The minimum absolute atomic E-state index is 0.0887. The monoisotopic (exact) mass is 342 g/mol. The van der Waals surface area contributed by atoms with Gasteiger partial charge in [0.2, 0.25) is 13.6 Å². The van der Waals surface area contributed by atoms with Crippen LogP contribution in [0.25, 0.3) is 0 Å². The molecule has 4 rings (SSSR count). The Morgan fingerprint density at radius 1 is 0.840 bits per heavy atom. The topological polar surface area (TPSA) is 57.2 Å². The summed E-state index contributed by atoms with van der Waals surface area (Å²) in [4.78, 5) is 0. The van der Waals surface area contributed by atoms with Crippen molar-refractivity contribution >= 4 is 0 Å². The fraction of sp³-hybridized carbons (Fsp3) is 0.400. The first kappa shape index (κ1) is 16.1. The third-order valence-corrected chi connectivity index (χ3v) is 5.13. The highest BCUT2D eigenvalue weighted by atomic mass is 16.7. The molecule has 0 saturated heterocycles. The average Bonchev–Trinajstić information content (AvgIpc) is 3.28. The van der Waals surface area contributed by atoms with Crippen molar-refractivity contribution in [3.8, 4) is 23.0 Å². The van der Waals surface area contributed by atoms with Gasteiger partial charge in [0.25, 0.3) is 0 Å². The van der Waals surface area contributed by atoms with Crippen molar-refractivity contribution in [3.05, 3.63) is 47.5 Å². The van der Waals surface area contributed by atoms with E-state index in [1.54, 1.807) is 0 Å². The third-order valence-electron chi connectivity index (χ3n) is 5.13. The molecule has 1 N–H and O–H groups in total. The summed E-state index contributed by atoms with van der Waals surface area (Å²) in [7, 11) is 0. The number of benzene rings is 2. The molecule has 2 aliphatic rings. The molecule has 5 nitrogen and oxygen atoms in total. The van der Waals surface area contributed by atoms with E-state index in [4.69, 9.17) is 18.9 Å². The summed E-state index contributed by atoms with van der Waals surface area (Å²) in [6.45, 7) is 4.76. The van der Waals surface area contributed by atoms with Crippen LogP contribution in [0.15, 0.2) is 36.4 Å². The van der Waals surface area contributed by atoms with E-state index in [2.05, 4.69) is 19.9 Å². The van der Waals surface area contributed by atoms with Crippen LogP contribution in [0.2, 0.25) is 0 Å². The van der Waals surface area contributed by atoms with Gasteiger partial charge in [-0.25, -0.2) is 0 Å². The Bertz CT molecular complexity index is 773. The zero-order valence-corrected chi connectivity index (χ0v) is 14.4. The first-order valence-electron chi connectivity index (χ1n) is 8.58. The molecule has 0 radical (unpaired) electrons. The van der Waals surface area contributed by atoms with Gasteiger partial charge in [-0.3, -0.25) is 0 Å². The molecule has 2 heterocycles. The molecular formula is C20H22O5. The van der Waals surface area contributed by atoms with Crippen molar-refractivity contribution in [2.45, 2.75) is 26.4 Å². The number of hydrogen-bond acceptors (Lipinski definition) is 5. The minimum atomic E-state index is -0.557. The molecule has 0 aliphatic carbocycles. The van der Waals surface area contributed by atoms with E-state index in [0.717, 1.165) is 29.2 Å². The lowest BCUT2D eigenvalue weighted by molar-refractivity contribution is 0.0869. The third kappa shape index (κ3) is 3.12. The maximum atomic E-state index is 10.8. The fourth-order valence-electron chi connectivity index (χ4n) is 3.34. The highest BCUT2D eigenvalue weighted by Crippen LogP contribution is 2.38. The van der Waals surface area contributed by atoms with E-state index in [1.165, 1.54) is 5.56 Å². The van der Waals surface area contributed by atoms with Gasteiger partial charge >= 0.3 is 0 Å². The van der Waals surface area contributed by atoms with E-state index in [9.17, 15) is 5.11 Å². The predicted octanol–water partition coefficient (Wildman–Crippen LogP) is 3.69. The van der Waals surface area contributed by atoms with Crippen LogP contribution in [0, 0.1) is 11.8 Å². The zero-order chi connectivity index (χ0) is 17.4. The van der Waals surface area contributed by atoms with Crippen LogP contribution in [0.1, 0.15) is 31.1 Å². The summed E-state index contributed by atoms with van der Waals surface area (Å²) in [5.74, 6) is 3.41. The number of aliphatic hydroxyl groups is 1. The van der Waals surface area contributed by atoms with Gasteiger partial charge in [-0.1, -0.05) is 26.0 Å². The molecule has 0 bridgehead atoms. The Morgan fingerprint density at radius 2 is 1.44 bits per heavy atom. The number of fused-ring (bicyclic) bond motifs is 2. The second-order valence-corrected chi connectivity index (χ2v) is 6.79. The average molecular weight is 342 g/mol. The second kappa shape index (κ2) is 6.48. The lowest BCUT2D eigenvalue weighted by Gasteiger charge is -2.25. The van der Waals surface area contributed by atoms with Crippen LogP contribution in [-0.4, -0.2) is 18.7 Å². The number of rotatable bonds is 5. The maximum absolute atomic E-state index is 10.8. The normalized spacial score (nSPS) is 18.0. The Labute approximate surface area is 147 Å². The zero-order valence-electron chi connectivity index (χ0n) is 14.4. The second-order valence-electron chi connectivity index (χ2n) is 6.79. The van der Waals surface area contributed by atoms with Gasteiger partial charge in [-0.2, -0.15) is 0 Å². The van der Waals surface area contributed by atoms with Crippen molar-refractivity contribution in [3.63, 3.8) is 0 Å². The van der Waals surface area contributed by atoms with Crippen LogP contribution in [0.3, 0.4) is 0 Å². The molecular weight excluding hydrogens is 320 g/mol. The predicted molar refractivity (Wildman–Crippen MR) is 92.1 cm³/mol. The Morgan fingerprint density at radius 3 is 2.16 bits per heavy atom. The van der Waals surface area contributed by atoms with Gasteiger partial charge in [-0.05, 0) is 53.6 Å². The van der Waals surface area contributed by atoms with Gasteiger partial charge in [0.05, 0.1) is 6.10 Å². The van der Waals surface area contributed by atoms with Crippen LogP contribution < -0.4 is 18.9 Å². The van der Waals surface area contributed by atoms with E-state index in [1.807, 2.05) is 30.3 Å². The molecule has 0 saturated carbocycles. The molecule has 25 heavy (non-hydrogen) atoms.